The summed E-state index contributed by atoms with van der Waals surface area (Å²) in [7, 11) is 0. The van der Waals surface area contributed by atoms with Crippen LogP contribution in [0.2, 0.25) is 5.02 Å². The van der Waals surface area contributed by atoms with Crippen molar-refractivity contribution in [2.24, 2.45) is 0 Å². The van der Waals surface area contributed by atoms with E-state index in [0.717, 1.165) is 17.5 Å². The standard InChI is InChI=1S/C18H17ClO2/c1-2-12-21-18(20)16-13-15(10-11-17(16)19)9-8-14-6-4-3-5-7-14/h3-11,13H,2,12H2,1H3/b9-8+. The molecule has 0 radical (unpaired) electrons. The Balaban J connectivity index is 2.18. The van der Waals surface area contributed by atoms with Crippen molar-refractivity contribution < 1.29 is 9.53 Å². The van der Waals surface area contributed by atoms with Crippen LogP contribution in [0.4, 0.5) is 0 Å². The lowest BCUT2D eigenvalue weighted by atomic mass is 10.1. The van der Waals surface area contributed by atoms with Gasteiger partial charge < -0.3 is 4.74 Å². The van der Waals surface area contributed by atoms with Crippen LogP contribution >= 0.6 is 11.6 Å². The molecule has 0 fully saturated rings. The molecule has 108 valence electrons. The van der Waals surface area contributed by atoms with Gasteiger partial charge in [0.05, 0.1) is 17.2 Å². The van der Waals surface area contributed by atoms with Crippen molar-refractivity contribution in [1.29, 1.82) is 0 Å². The smallest absolute Gasteiger partial charge is 0.339 e. The van der Waals surface area contributed by atoms with Gasteiger partial charge in [-0.05, 0) is 29.7 Å². The lowest BCUT2D eigenvalue weighted by Crippen LogP contribution is -2.06. The number of hydrogen-bond acceptors (Lipinski definition) is 2. The number of benzene rings is 2. The third kappa shape index (κ3) is 4.47. The summed E-state index contributed by atoms with van der Waals surface area (Å²) in [5.41, 5.74) is 2.41. The summed E-state index contributed by atoms with van der Waals surface area (Å²) >= 11 is 6.06. The maximum Gasteiger partial charge on any atom is 0.339 e. The Labute approximate surface area is 130 Å². The summed E-state index contributed by atoms with van der Waals surface area (Å²) in [6.07, 6.45) is 4.73. The Kier molecular flexibility index (Phi) is 5.59. The number of carbonyl (C=O) groups excluding carboxylic acids is 1. The minimum Gasteiger partial charge on any atom is -0.462 e. The largest absolute Gasteiger partial charge is 0.462 e. The van der Waals surface area contributed by atoms with Gasteiger partial charge in [0.25, 0.3) is 0 Å². The zero-order chi connectivity index (χ0) is 15.1. The minimum absolute atomic E-state index is 0.378. The van der Waals surface area contributed by atoms with Gasteiger partial charge in [-0.2, -0.15) is 0 Å². The van der Waals surface area contributed by atoms with E-state index in [4.69, 9.17) is 16.3 Å². The second kappa shape index (κ2) is 7.65. The average Bonchev–Trinajstić information content (AvgIpc) is 2.52. The Morgan fingerprint density at radius 1 is 1.10 bits per heavy atom. The highest BCUT2D eigenvalue weighted by Gasteiger charge is 2.11. The van der Waals surface area contributed by atoms with Crippen LogP contribution in [0.15, 0.2) is 48.5 Å². The van der Waals surface area contributed by atoms with E-state index >= 15 is 0 Å². The molecule has 2 aromatic rings. The van der Waals surface area contributed by atoms with E-state index in [1.54, 1.807) is 12.1 Å². The maximum atomic E-state index is 11.9. The summed E-state index contributed by atoms with van der Waals surface area (Å²) < 4.78 is 5.13. The molecular formula is C18H17ClO2. The number of rotatable bonds is 5. The first-order valence-electron chi connectivity index (χ1n) is 6.90. The van der Waals surface area contributed by atoms with Gasteiger partial charge >= 0.3 is 5.97 Å². The van der Waals surface area contributed by atoms with E-state index in [2.05, 4.69) is 0 Å². The topological polar surface area (TPSA) is 26.3 Å². The molecule has 0 saturated carbocycles. The summed E-state index contributed by atoms with van der Waals surface area (Å²) in [4.78, 5) is 11.9. The maximum absolute atomic E-state index is 11.9. The van der Waals surface area contributed by atoms with Crippen LogP contribution in [0.1, 0.15) is 34.8 Å². The summed E-state index contributed by atoms with van der Waals surface area (Å²) in [6, 6.07) is 15.3. The van der Waals surface area contributed by atoms with E-state index in [1.165, 1.54) is 0 Å². The molecule has 0 amide bonds. The van der Waals surface area contributed by atoms with Crippen LogP contribution < -0.4 is 0 Å². The van der Waals surface area contributed by atoms with Gasteiger partial charge in [-0.3, -0.25) is 0 Å². The van der Waals surface area contributed by atoms with Crippen LogP contribution in [0.25, 0.3) is 12.2 Å². The fraction of sp³-hybridized carbons (Fsp3) is 0.167. The molecule has 3 heteroatoms. The first-order chi connectivity index (χ1) is 10.2. The minimum atomic E-state index is -0.378. The van der Waals surface area contributed by atoms with Crippen molar-refractivity contribution in [2.45, 2.75) is 13.3 Å². The molecule has 0 N–H and O–H groups in total. The monoisotopic (exact) mass is 300 g/mol. The van der Waals surface area contributed by atoms with E-state index < -0.39 is 0 Å². The lowest BCUT2D eigenvalue weighted by Gasteiger charge is -2.06. The summed E-state index contributed by atoms with van der Waals surface area (Å²) in [5.74, 6) is -0.378. The van der Waals surface area contributed by atoms with E-state index in [9.17, 15) is 4.79 Å². The molecule has 0 aliphatic heterocycles. The predicted molar refractivity (Wildman–Crippen MR) is 87.4 cm³/mol. The molecule has 0 atom stereocenters. The van der Waals surface area contributed by atoms with Gasteiger partial charge in [-0.1, -0.05) is 67.1 Å². The fourth-order valence-corrected chi connectivity index (χ4v) is 2.03. The van der Waals surface area contributed by atoms with Gasteiger partial charge in [0, 0.05) is 0 Å². The highest BCUT2D eigenvalue weighted by Crippen LogP contribution is 2.20. The third-order valence-electron chi connectivity index (χ3n) is 2.92. The van der Waals surface area contributed by atoms with Gasteiger partial charge in [-0.15, -0.1) is 0 Å². The van der Waals surface area contributed by atoms with Gasteiger partial charge in [0.2, 0.25) is 0 Å². The SMILES string of the molecule is CCCOC(=O)c1cc(/C=C/c2ccccc2)ccc1Cl. The van der Waals surface area contributed by atoms with Crippen molar-refractivity contribution in [3.63, 3.8) is 0 Å². The van der Waals surface area contributed by atoms with Gasteiger partial charge in [0.15, 0.2) is 0 Å². The lowest BCUT2D eigenvalue weighted by molar-refractivity contribution is 0.0505. The summed E-state index contributed by atoms with van der Waals surface area (Å²) in [6.45, 7) is 2.35. The van der Waals surface area contributed by atoms with E-state index in [0.29, 0.717) is 17.2 Å². The van der Waals surface area contributed by atoms with Crippen molar-refractivity contribution >= 4 is 29.7 Å². The predicted octanol–water partition coefficient (Wildman–Crippen LogP) is 5.08. The Hall–Kier alpha value is -2.06. The molecule has 0 aliphatic rings. The number of esters is 1. The molecule has 2 nitrogen and oxygen atoms in total. The van der Waals surface area contributed by atoms with Crippen molar-refractivity contribution in [1.82, 2.24) is 0 Å². The zero-order valence-electron chi connectivity index (χ0n) is 11.9. The molecule has 2 aromatic carbocycles. The average molecular weight is 301 g/mol. The molecule has 0 heterocycles. The first-order valence-corrected chi connectivity index (χ1v) is 7.28. The molecule has 0 unspecified atom stereocenters. The van der Waals surface area contributed by atoms with Crippen molar-refractivity contribution in [3.05, 3.63) is 70.2 Å². The first kappa shape index (κ1) is 15.3. The molecule has 0 aliphatic carbocycles. The van der Waals surface area contributed by atoms with E-state index in [1.807, 2.05) is 55.5 Å². The number of hydrogen-bond donors (Lipinski definition) is 0. The Morgan fingerprint density at radius 3 is 2.52 bits per heavy atom. The van der Waals surface area contributed by atoms with Crippen molar-refractivity contribution in [3.8, 4) is 0 Å². The Morgan fingerprint density at radius 2 is 1.81 bits per heavy atom. The molecular weight excluding hydrogens is 284 g/mol. The fourth-order valence-electron chi connectivity index (χ4n) is 1.83. The molecule has 0 spiro atoms. The Bertz CT molecular complexity index is 633. The molecule has 0 saturated heterocycles. The molecule has 0 aromatic heterocycles. The normalized spacial score (nSPS) is 10.8. The van der Waals surface area contributed by atoms with Crippen LogP contribution in [-0.2, 0) is 4.74 Å². The molecule has 21 heavy (non-hydrogen) atoms. The number of ether oxygens (including phenoxy) is 1. The number of halogens is 1. The van der Waals surface area contributed by atoms with Crippen LogP contribution in [-0.4, -0.2) is 12.6 Å². The molecule has 2 rings (SSSR count). The molecule has 0 bridgehead atoms. The van der Waals surface area contributed by atoms with Crippen LogP contribution in [0, 0.1) is 0 Å². The van der Waals surface area contributed by atoms with Crippen LogP contribution in [0.3, 0.4) is 0 Å². The highest BCUT2D eigenvalue weighted by atomic mass is 35.5. The quantitative estimate of drug-likeness (QED) is 0.569. The van der Waals surface area contributed by atoms with Gasteiger partial charge in [0.1, 0.15) is 0 Å². The second-order valence-corrected chi connectivity index (χ2v) is 5.03. The number of carbonyl (C=O) groups is 1. The van der Waals surface area contributed by atoms with Crippen molar-refractivity contribution in [2.75, 3.05) is 6.61 Å². The second-order valence-electron chi connectivity index (χ2n) is 4.62. The zero-order valence-corrected chi connectivity index (χ0v) is 12.6. The highest BCUT2D eigenvalue weighted by molar-refractivity contribution is 6.33. The third-order valence-corrected chi connectivity index (χ3v) is 3.25. The van der Waals surface area contributed by atoms with Gasteiger partial charge in [-0.25, -0.2) is 4.79 Å². The van der Waals surface area contributed by atoms with Crippen LogP contribution in [0.5, 0.6) is 0 Å². The summed E-state index contributed by atoms with van der Waals surface area (Å²) in [5, 5.41) is 0.410. The van der Waals surface area contributed by atoms with E-state index in [-0.39, 0.29) is 5.97 Å².